The lowest BCUT2D eigenvalue weighted by Crippen LogP contribution is -2.23. The number of aromatic nitrogens is 3. The zero-order valence-electron chi connectivity index (χ0n) is 16.9. The second kappa shape index (κ2) is 7.87. The van der Waals surface area contributed by atoms with Crippen molar-refractivity contribution in [2.24, 2.45) is 0 Å². The maximum Gasteiger partial charge on any atom is 0.257 e. The highest BCUT2D eigenvalue weighted by molar-refractivity contribution is 5.99. The number of hydrogen-bond donors (Lipinski definition) is 1. The number of amides is 1. The van der Waals surface area contributed by atoms with Crippen molar-refractivity contribution in [3.63, 3.8) is 0 Å². The van der Waals surface area contributed by atoms with Gasteiger partial charge in [0.1, 0.15) is 5.56 Å². The fourth-order valence-electron chi connectivity index (χ4n) is 3.63. The maximum absolute atomic E-state index is 12.7. The third-order valence-corrected chi connectivity index (χ3v) is 5.21. The zero-order valence-corrected chi connectivity index (χ0v) is 16.9. The Morgan fingerprint density at radius 3 is 2.52 bits per heavy atom. The second-order valence-electron chi connectivity index (χ2n) is 7.39. The van der Waals surface area contributed by atoms with Crippen LogP contribution in [0.1, 0.15) is 44.0 Å². The molecule has 4 rings (SSSR count). The molecule has 2 aromatic carbocycles. The van der Waals surface area contributed by atoms with Gasteiger partial charge in [-0.05, 0) is 37.5 Å². The zero-order chi connectivity index (χ0) is 20.4. The first kappa shape index (κ1) is 18.9. The van der Waals surface area contributed by atoms with E-state index in [1.54, 1.807) is 10.7 Å². The Kier molecular flexibility index (Phi) is 5.12. The molecule has 0 atom stereocenters. The standard InChI is InChI=1S/C24H24N4O/c1-16-8-7-11-20(12-16)13-21-17(2)27-23-22(15-26-28(23)18(21)3)24(29)25-14-19-9-5-4-6-10-19/h4-12,15H,13-14H2,1-3H3,(H,25,29). The lowest BCUT2D eigenvalue weighted by molar-refractivity contribution is 0.0952. The molecule has 2 heterocycles. The summed E-state index contributed by atoms with van der Waals surface area (Å²) in [6.07, 6.45) is 2.39. The van der Waals surface area contributed by atoms with E-state index in [1.165, 1.54) is 11.1 Å². The predicted octanol–water partition coefficient (Wildman–Crippen LogP) is 4.18. The molecule has 0 fully saturated rings. The van der Waals surface area contributed by atoms with E-state index in [0.717, 1.165) is 28.9 Å². The van der Waals surface area contributed by atoms with Gasteiger partial charge in [0, 0.05) is 24.4 Å². The van der Waals surface area contributed by atoms with Crippen LogP contribution in [0.25, 0.3) is 5.65 Å². The Morgan fingerprint density at radius 2 is 1.76 bits per heavy atom. The number of carbonyl (C=O) groups is 1. The van der Waals surface area contributed by atoms with Gasteiger partial charge in [-0.25, -0.2) is 9.50 Å². The SMILES string of the molecule is Cc1cccc(Cc2c(C)nc3c(C(=O)NCc4ccccc4)cnn3c2C)c1. The monoisotopic (exact) mass is 384 g/mol. The van der Waals surface area contributed by atoms with E-state index in [2.05, 4.69) is 41.6 Å². The van der Waals surface area contributed by atoms with Gasteiger partial charge in [-0.15, -0.1) is 0 Å². The van der Waals surface area contributed by atoms with Gasteiger partial charge < -0.3 is 5.32 Å². The van der Waals surface area contributed by atoms with Gasteiger partial charge in [0.05, 0.1) is 6.20 Å². The van der Waals surface area contributed by atoms with Crippen LogP contribution in [0.5, 0.6) is 0 Å². The van der Waals surface area contributed by atoms with Gasteiger partial charge in [0.15, 0.2) is 5.65 Å². The van der Waals surface area contributed by atoms with Gasteiger partial charge >= 0.3 is 0 Å². The van der Waals surface area contributed by atoms with E-state index in [1.807, 2.05) is 44.2 Å². The smallest absolute Gasteiger partial charge is 0.257 e. The molecule has 4 aromatic rings. The maximum atomic E-state index is 12.7. The molecule has 2 aromatic heterocycles. The van der Waals surface area contributed by atoms with E-state index in [9.17, 15) is 4.79 Å². The Hall–Kier alpha value is -3.47. The first-order chi connectivity index (χ1) is 14.0. The fraction of sp³-hybridized carbons (Fsp3) is 0.208. The van der Waals surface area contributed by atoms with Crippen LogP contribution in [0.3, 0.4) is 0 Å². The molecule has 0 saturated carbocycles. The Bertz CT molecular complexity index is 1180. The minimum absolute atomic E-state index is 0.165. The van der Waals surface area contributed by atoms with Crippen LogP contribution < -0.4 is 5.32 Å². The second-order valence-corrected chi connectivity index (χ2v) is 7.39. The van der Waals surface area contributed by atoms with E-state index in [4.69, 9.17) is 4.98 Å². The summed E-state index contributed by atoms with van der Waals surface area (Å²) in [6.45, 7) is 6.60. The first-order valence-electron chi connectivity index (χ1n) is 9.74. The number of fused-ring (bicyclic) bond motifs is 1. The molecular formula is C24H24N4O. The highest BCUT2D eigenvalue weighted by Crippen LogP contribution is 2.21. The summed E-state index contributed by atoms with van der Waals surface area (Å²) in [6, 6.07) is 18.3. The number of benzene rings is 2. The van der Waals surface area contributed by atoms with Crippen molar-refractivity contribution in [1.82, 2.24) is 19.9 Å². The topological polar surface area (TPSA) is 59.3 Å². The summed E-state index contributed by atoms with van der Waals surface area (Å²) >= 11 is 0. The highest BCUT2D eigenvalue weighted by Gasteiger charge is 2.18. The number of nitrogens with zero attached hydrogens (tertiary/aromatic N) is 3. The fourth-order valence-corrected chi connectivity index (χ4v) is 3.63. The molecule has 0 bridgehead atoms. The molecule has 0 aliphatic rings. The van der Waals surface area contributed by atoms with Crippen molar-refractivity contribution < 1.29 is 4.79 Å². The summed E-state index contributed by atoms with van der Waals surface area (Å²) in [5.41, 5.74) is 7.70. The van der Waals surface area contributed by atoms with E-state index < -0.39 is 0 Å². The van der Waals surface area contributed by atoms with Crippen LogP contribution >= 0.6 is 0 Å². The van der Waals surface area contributed by atoms with Gasteiger partial charge in [0.2, 0.25) is 0 Å². The average molecular weight is 384 g/mol. The molecule has 0 aliphatic heterocycles. The molecule has 5 nitrogen and oxygen atoms in total. The van der Waals surface area contributed by atoms with Crippen LogP contribution in [0, 0.1) is 20.8 Å². The number of hydrogen-bond acceptors (Lipinski definition) is 3. The van der Waals surface area contributed by atoms with Crippen molar-refractivity contribution in [1.29, 1.82) is 0 Å². The Labute approximate surface area is 170 Å². The number of nitrogens with one attached hydrogen (secondary N) is 1. The van der Waals surface area contributed by atoms with Crippen molar-refractivity contribution in [3.8, 4) is 0 Å². The molecule has 0 aliphatic carbocycles. The van der Waals surface area contributed by atoms with Crippen LogP contribution in [0.15, 0.2) is 60.8 Å². The van der Waals surface area contributed by atoms with Crippen molar-refractivity contribution in [3.05, 3.63) is 100.0 Å². The Morgan fingerprint density at radius 1 is 1.00 bits per heavy atom. The molecule has 0 radical (unpaired) electrons. The Balaban J connectivity index is 1.62. The molecule has 5 heteroatoms. The molecule has 0 unspecified atom stereocenters. The van der Waals surface area contributed by atoms with Crippen LogP contribution in [0.4, 0.5) is 0 Å². The normalized spacial score (nSPS) is 11.0. The van der Waals surface area contributed by atoms with Crippen molar-refractivity contribution >= 4 is 11.6 Å². The lowest BCUT2D eigenvalue weighted by Gasteiger charge is -2.12. The van der Waals surface area contributed by atoms with Gasteiger partial charge in [-0.3, -0.25) is 4.79 Å². The van der Waals surface area contributed by atoms with Crippen LogP contribution in [-0.4, -0.2) is 20.5 Å². The molecule has 0 saturated heterocycles. The predicted molar refractivity (Wildman–Crippen MR) is 114 cm³/mol. The van der Waals surface area contributed by atoms with Crippen LogP contribution in [-0.2, 0) is 13.0 Å². The number of aryl methyl sites for hydroxylation is 3. The molecule has 1 amide bonds. The van der Waals surface area contributed by atoms with Crippen LogP contribution in [0.2, 0.25) is 0 Å². The minimum atomic E-state index is -0.165. The van der Waals surface area contributed by atoms with Crippen molar-refractivity contribution in [2.75, 3.05) is 0 Å². The summed E-state index contributed by atoms with van der Waals surface area (Å²) in [5, 5.41) is 7.41. The molecule has 1 N–H and O–H groups in total. The lowest BCUT2D eigenvalue weighted by atomic mass is 10.0. The largest absolute Gasteiger partial charge is 0.348 e. The van der Waals surface area contributed by atoms with E-state index in [-0.39, 0.29) is 5.91 Å². The van der Waals surface area contributed by atoms with Crippen molar-refractivity contribution in [2.45, 2.75) is 33.7 Å². The summed E-state index contributed by atoms with van der Waals surface area (Å²) < 4.78 is 1.77. The number of carbonyl (C=O) groups excluding carboxylic acids is 1. The quantitative estimate of drug-likeness (QED) is 0.562. The summed E-state index contributed by atoms with van der Waals surface area (Å²) in [4.78, 5) is 17.5. The highest BCUT2D eigenvalue weighted by atomic mass is 16.1. The molecule has 29 heavy (non-hydrogen) atoms. The third-order valence-electron chi connectivity index (χ3n) is 5.21. The number of rotatable bonds is 5. The average Bonchev–Trinajstić information content (AvgIpc) is 3.14. The van der Waals surface area contributed by atoms with Gasteiger partial charge in [-0.1, -0.05) is 60.2 Å². The summed E-state index contributed by atoms with van der Waals surface area (Å²) in [7, 11) is 0. The minimum Gasteiger partial charge on any atom is -0.348 e. The summed E-state index contributed by atoms with van der Waals surface area (Å²) in [5.74, 6) is -0.165. The van der Waals surface area contributed by atoms with Gasteiger partial charge in [0.25, 0.3) is 5.91 Å². The van der Waals surface area contributed by atoms with E-state index >= 15 is 0 Å². The van der Waals surface area contributed by atoms with Gasteiger partial charge in [-0.2, -0.15) is 5.10 Å². The van der Waals surface area contributed by atoms with E-state index in [0.29, 0.717) is 17.8 Å². The first-order valence-corrected chi connectivity index (χ1v) is 9.74. The molecule has 146 valence electrons. The molecular weight excluding hydrogens is 360 g/mol. The third kappa shape index (κ3) is 3.90. The molecule has 0 spiro atoms.